The highest BCUT2D eigenvalue weighted by Crippen LogP contribution is 2.19. The largest absolute Gasteiger partial charge is 0.461 e. The van der Waals surface area contributed by atoms with Gasteiger partial charge in [-0.15, -0.1) is 0 Å². The minimum Gasteiger partial charge on any atom is -0.461 e. The Balaban J connectivity index is 2.29. The molecule has 2 rings (SSSR count). The summed E-state index contributed by atoms with van der Waals surface area (Å²) in [6, 6.07) is 3.84. The SMILES string of the molecule is CCOC(=O)c1cncn1C(C)c1ccncc1. The third-order valence-corrected chi connectivity index (χ3v) is 2.76. The predicted molar refractivity (Wildman–Crippen MR) is 66.2 cm³/mol. The molecule has 5 nitrogen and oxygen atoms in total. The first-order chi connectivity index (χ1) is 8.74. The molecule has 0 N–H and O–H groups in total. The molecule has 0 saturated carbocycles. The fourth-order valence-corrected chi connectivity index (χ4v) is 1.78. The van der Waals surface area contributed by atoms with E-state index in [9.17, 15) is 4.79 Å². The highest BCUT2D eigenvalue weighted by atomic mass is 16.5. The predicted octanol–water partition coefficient (Wildman–Crippen LogP) is 2.06. The average Bonchev–Trinajstić information content (AvgIpc) is 2.88. The zero-order valence-corrected chi connectivity index (χ0v) is 10.4. The lowest BCUT2D eigenvalue weighted by molar-refractivity contribution is 0.0512. The van der Waals surface area contributed by atoms with Crippen LogP contribution in [0.25, 0.3) is 0 Å². The van der Waals surface area contributed by atoms with Crippen molar-refractivity contribution in [1.29, 1.82) is 0 Å². The van der Waals surface area contributed by atoms with Crippen molar-refractivity contribution < 1.29 is 9.53 Å². The smallest absolute Gasteiger partial charge is 0.356 e. The average molecular weight is 245 g/mol. The van der Waals surface area contributed by atoms with E-state index in [-0.39, 0.29) is 12.0 Å². The van der Waals surface area contributed by atoms with Gasteiger partial charge in [0, 0.05) is 12.4 Å². The Hall–Kier alpha value is -2.17. The van der Waals surface area contributed by atoms with Crippen LogP contribution >= 0.6 is 0 Å². The molecule has 2 aromatic heterocycles. The summed E-state index contributed by atoms with van der Waals surface area (Å²) in [5, 5.41) is 0. The van der Waals surface area contributed by atoms with Crippen molar-refractivity contribution in [1.82, 2.24) is 14.5 Å². The van der Waals surface area contributed by atoms with Gasteiger partial charge in [0.15, 0.2) is 0 Å². The molecule has 0 aromatic carbocycles. The number of nitrogens with zero attached hydrogens (tertiary/aromatic N) is 3. The molecule has 94 valence electrons. The Bertz CT molecular complexity index is 522. The van der Waals surface area contributed by atoms with E-state index >= 15 is 0 Å². The summed E-state index contributed by atoms with van der Waals surface area (Å²) in [6.45, 7) is 4.14. The Morgan fingerprint density at radius 1 is 1.39 bits per heavy atom. The third kappa shape index (κ3) is 2.40. The number of ether oxygens (including phenoxy) is 1. The van der Waals surface area contributed by atoms with Crippen molar-refractivity contribution in [2.45, 2.75) is 19.9 Å². The van der Waals surface area contributed by atoms with E-state index in [2.05, 4.69) is 9.97 Å². The van der Waals surface area contributed by atoms with Gasteiger partial charge < -0.3 is 9.30 Å². The number of hydrogen-bond donors (Lipinski definition) is 0. The first kappa shape index (κ1) is 12.3. The minimum atomic E-state index is -0.351. The standard InChI is InChI=1S/C13H15N3O2/c1-3-18-13(17)12-8-15-9-16(12)10(2)11-4-6-14-7-5-11/h4-10H,3H2,1-2H3. The van der Waals surface area contributed by atoms with Crippen LogP contribution in [-0.2, 0) is 4.74 Å². The van der Waals surface area contributed by atoms with Crippen LogP contribution < -0.4 is 0 Å². The van der Waals surface area contributed by atoms with Crippen LogP contribution in [0.3, 0.4) is 0 Å². The van der Waals surface area contributed by atoms with Gasteiger partial charge in [-0.1, -0.05) is 0 Å². The van der Waals surface area contributed by atoms with Crippen molar-refractivity contribution >= 4 is 5.97 Å². The zero-order valence-electron chi connectivity index (χ0n) is 10.4. The van der Waals surface area contributed by atoms with Crippen molar-refractivity contribution in [2.24, 2.45) is 0 Å². The molecule has 0 spiro atoms. The third-order valence-electron chi connectivity index (χ3n) is 2.76. The second-order valence-electron chi connectivity index (χ2n) is 3.86. The number of aromatic nitrogens is 3. The molecule has 0 aliphatic carbocycles. The quantitative estimate of drug-likeness (QED) is 0.774. The fraction of sp³-hybridized carbons (Fsp3) is 0.308. The molecule has 1 unspecified atom stereocenters. The number of esters is 1. The maximum Gasteiger partial charge on any atom is 0.356 e. The Morgan fingerprint density at radius 3 is 2.78 bits per heavy atom. The molecule has 0 amide bonds. The number of hydrogen-bond acceptors (Lipinski definition) is 4. The molecular formula is C13H15N3O2. The maximum atomic E-state index is 11.8. The lowest BCUT2D eigenvalue weighted by Crippen LogP contribution is -2.15. The first-order valence-corrected chi connectivity index (χ1v) is 5.83. The van der Waals surface area contributed by atoms with E-state index < -0.39 is 0 Å². The molecule has 1 atom stereocenters. The summed E-state index contributed by atoms with van der Waals surface area (Å²) < 4.78 is 6.80. The van der Waals surface area contributed by atoms with Crippen molar-refractivity contribution in [3.05, 3.63) is 48.3 Å². The second-order valence-corrected chi connectivity index (χ2v) is 3.86. The van der Waals surface area contributed by atoms with Crippen LogP contribution in [0.2, 0.25) is 0 Å². The van der Waals surface area contributed by atoms with E-state index in [1.54, 1.807) is 30.2 Å². The van der Waals surface area contributed by atoms with Crippen LogP contribution in [0.5, 0.6) is 0 Å². The highest BCUT2D eigenvalue weighted by molar-refractivity contribution is 5.87. The first-order valence-electron chi connectivity index (χ1n) is 5.83. The van der Waals surface area contributed by atoms with Gasteiger partial charge in [0.25, 0.3) is 0 Å². The number of rotatable bonds is 4. The summed E-state index contributed by atoms with van der Waals surface area (Å²) >= 11 is 0. The van der Waals surface area contributed by atoms with Crippen LogP contribution in [0.1, 0.15) is 35.9 Å². The summed E-state index contributed by atoms with van der Waals surface area (Å²) in [5.74, 6) is -0.351. The van der Waals surface area contributed by atoms with Gasteiger partial charge in [-0.25, -0.2) is 9.78 Å². The number of carbonyl (C=O) groups is 1. The zero-order chi connectivity index (χ0) is 13.0. The van der Waals surface area contributed by atoms with Crippen molar-refractivity contribution in [2.75, 3.05) is 6.61 Å². The summed E-state index contributed by atoms with van der Waals surface area (Å²) in [7, 11) is 0. The summed E-state index contributed by atoms with van der Waals surface area (Å²) in [5.41, 5.74) is 1.52. The van der Waals surface area contributed by atoms with Gasteiger partial charge >= 0.3 is 5.97 Å². The van der Waals surface area contributed by atoms with Crippen molar-refractivity contribution in [3.63, 3.8) is 0 Å². The van der Waals surface area contributed by atoms with Gasteiger partial charge in [0.1, 0.15) is 5.69 Å². The van der Waals surface area contributed by atoms with Gasteiger partial charge in [-0.2, -0.15) is 0 Å². The van der Waals surface area contributed by atoms with Crippen LogP contribution in [0.4, 0.5) is 0 Å². The van der Waals surface area contributed by atoms with Gasteiger partial charge in [0.05, 0.1) is 25.2 Å². The Labute approximate surface area is 105 Å². The van der Waals surface area contributed by atoms with E-state index in [1.807, 2.05) is 19.1 Å². The van der Waals surface area contributed by atoms with Crippen molar-refractivity contribution in [3.8, 4) is 0 Å². The fourth-order valence-electron chi connectivity index (χ4n) is 1.78. The summed E-state index contributed by atoms with van der Waals surface area (Å²) in [6.07, 6.45) is 6.62. The molecule has 0 aliphatic heterocycles. The molecular weight excluding hydrogens is 230 g/mol. The molecule has 0 bridgehead atoms. The molecule has 2 heterocycles. The van der Waals surface area contributed by atoms with Crippen LogP contribution in [0, 0.1) is 0 Å². The molecule has 5 heteroatoms. The van der Waals surface area contributed by atoms with Crippen LogP contribution in [0.15, 0.2) is 37.1 Å². The lowest BCUT2D eigenvalue weighted by atomic mass is 10.1. The molecule has 0 saturated heterocycles. The number of carbonyl (C=O) groups excluding carboxylic acids is 1. The molecule has 0 aliphatic rings. The van der Waals surface area contributed by atoms with E-state index in [4.69, 9.17) is 4.74 Å². The Morgan fingerprint density at radius 2 is 2.11 bits per heavy atom. The maximum absolute atomic E-state index is 11.8. The molecule has 18 heavy (non-hydrogen) atoms. The molecule has 0 radical (unpaired) electrons. The normalized spacial score (nSPS) is 12.1. The second kappa shape index (κ2) is 5.44. The minimum absolute atomic E-state index is 0.00917. The molecule has 0 fully saturated rings. The molecule has 2 aromatic rings. The topological polar surface area (TPSA) is 57.0 Å². The highest BCUT2D eigenvalue weighted by Gasteiger charge is 2.17. The van der Waals surface area contributed by atoms with Gasteiger partial charge in [-0.05, 0) is 31.5 Å². The number of pyridine rings is 1. The lowest BCUT2D eigenvalue weighted by Gasteiger charge is -2.15. The number of imidazole rings is 1. The van der Waals surface area contributed by atoms with Gasteiger partial charge in [-0.3, -0.25) is 4.98 Å². The van der Waals surface area contributed by atoms with Gasteiger partial charge in [0.2, 0.25) is 0 Å². The van der Waals surface area contributed by atoms with Crippen LogP contribution in [-0.4, -0.2) is 27.1 Å². The van der Waals surface area contributed by atoms with E-state index in [0.29, 0.717) is 12.3 Å². The monoisotopic (exact) mass is 245 g/mol. The summed E-state index contributed by atoms with van der Waals surface area (Å²) in [4.78, 5) is 19.8. The Kier molecular flexibility index (Phi) is 3.72. The van der Waals surface area contributed by atoms with E-state index in [0.717, 1.165) is 5.56 Å². The van der Waals surface area contributed by atoms with E-state index in [1.165, 1.54) is 6.20 Å².